The van der Waals surface area contributed by atoms with Crippen LogP contribution in [0.2, 0.25) is 0 Å². The predicted molar refractivity (Wildman–Crippen MR) is 73.7 cm³/mol. The fourth-order valence-electron chi connectivity index (χ4n) is 2.54. The van der Waals surface area contributed by atoms with E-state index in [1.54, 1.807) is 6.21 Å². The van der Waals surface area contributed by atoms with Gasteiger partial charge in [0.2, 0.25) is 0 Å². The van der Waals surface area contributed by atoms with Gasteiger partial charge in [-0.2, -0.15) is 0 Å². The number of oxime groups is 1. The van der Waals surface area contributed by atoms with Gasteiger partial charge < -0.3 is 4.84 Å². The summed E-state index contributed by atoms with van der Waals surface area (Å²) in [5.41, 5.74) is 3.45. The lowest BCUT2D eigenvalue weighted by atomic mass is 9.78. The summed E-state index contributed by atoms with van der Waals surface area (Å²) in [6.07, 6.45) is 1.74. The van der Waals surface area contributed by atoms with Crippen LogP contribution < -0.4 is 0 Å². The third kappa shape index (κ3) is 1.83. The lowest BCUT2D eigenvalue weighted by Crippen LogP contribution is -2.20. The summed E-state index contributed by atoms with van der Waals surface area (Å²) in [6, 6.07) is 15.3. The highest BCUT2D eigenvalue weighted by Gasteiger charge is 2.29. The number of fused-ring (bicyclic) bond motifs is 2. The third-order valence-electron chi connectivity index (χ3n) is 3.40. The lowest BCUT2D eigenvalue weighted by molar-refractivity contribution is 0.103. The smallest absolute Gasteiger partial charge is 0.193 e. The summed E-state index contributed by atoms with van der Waals surface area (Å²) in [6.45, 7) is 0. The summed E-state index contributed by atoms with van der Waals surface area (Å²) in [7, 11) is 1.52. The normalized spacial score (nSPS) is 14.3. The van der Waals surface area contributed by atoms with Crippen LogP contribution in [0.15, 0.2) is 53.7 Å². The number of nitrogens with zero attached hydrogens (tertiary/aromatic N) is 1. The average Bonchev–Trinajstić information content (AvgIpc) is 2.47. The van der Waals surface area contributed by atoms with Gasteiger partial charge in [-0.1, -0.05) is 53.7 Å². The van der Waals surface area contributed by atoms with Gasteiger partial charge in [0, 0.05) is 17.0 Å². The van der Waals surface area contributed by atoms with Crippen LogP contribution in [-0.2, 0) is 4.84 Å². The van der Waals surface area contributed by atoms with Gasteiger partial charge in [-0.25, -0.2) is 0 Å². The molecule has 3 heteroatoms. The van der Waals surface area contributed by atoms with Gasteiger partial charge in [0.15, 0.2) is 5.78 Å². The maximum Gasteiger partial charge on any atom is 0.193 e. The van der Waals surface area contributed by atoms with Crippen LogP contribution in [0.4, 0.5) is 0 Å². The molecule has 0 atom stereocenters. The highest BCUT2D eigenvalue weighted by Crippen LogP contribution is 2.35. The minimum atomic E-state index is -0.0370. The molecule has 0 amide bonds. The van der Waals surface area contributed by atoms with Crippen molar-refractivity contribution < 1.29 is 9.63 Å². The molecule has 0 unspecified atom stereocenters. The van der Waals surface area contributed by atoms with Crippen LogP contribution in [0, 0.1) is 0 Å². The van der Waals surface area contributed by atoms with E-state index in [9.17, 15) is 4.79 Å². The largest absolute Gasteiger partial charge is 0.399 e. The lowest BCUT2D eigenvalue weighted by Gasteiger charge is -2.24. The van der Waals surface area contributed by atoms with E-state index < -0.39 is 0 Å². The minimum absolute atomic E-state index is 0.0370. The monoisotopic (exact) mass is 251 g/mol. The number of hydrogen-bond donors (Lipinski definition) is 0. The van der Waals surface area contributed by atoms with Crippen molar-refractivity contribution in [3.05, 3.63) is 70.8 Å². The Bertz CT molecular complexity index is 612. The van der Waals surface area contributed by atoms with Gasteiger partial charge in [-0.05, 0) is 11.1 Å². The molecule has 0 aliphatic heterocycles. The van der Waals surface area contributed by atoms with Crippen molar-refractivity contribution in [2.75, 3.05) is 7.11 Å². The zero-order chi connectivity index (χ0) is 13.2. The Kier molecular flexibility index (Phi) is 2.88. The topological polar surface area (TPSA) is 38.7 Å². The Morgan fingerprint density at radius 2 is 1.53 bits per heavy atom. The standard InChI is InChI=1S/C16H13NO2/c1-19-17-10-15-11-6-2-4-8-13(11)16(18)14-9-5-3-7-12(14)15/h2-10,15H,1H3. The van der Waals surface area contributed by atoms with E-state index in [1.165, 1.54) is 7.11 Å². The zero-order valence-electron chi connectivity index (χ0n) is 10.5. The second kappa shape index (κ2) is 4.69. The minimum Gasteiger partial charge on any atom is -0.399 e. The van der Waals surface area contributed by atoms with Gasteiger partial charge in [0.05, 0.1) is 6.21 Å². The molecule has 0 spiro atoms. The number of hydrogen-bond acceptors (Lipinski definition) is 3. The van der Waals surface area contributed by atoms with Crippen molar-refractivity contribution in [3.8, 4) is 0 Å². The second-order valence-corrected chi connectivity index (χ2v) is 4.42. The van der Waals surface area contributed by atoms with Crippen LogP contribution in [0.25, 0.3) is 0 Å². The van der Waals surface area contributed by atoms with Crippen LogP contribution in [0.5, 0.6) is 0 Å². The maximum atomic E-state index is 12.5. The number of ketones is 1. The van der Waals surface area contributed by atoms with Crippen molar-refractivity contribution in [2.45, 2.75) is 5.92 Å². The highest BCUT2D eigenvalue weighted by atomic mass is 16.6. The molecular formula is C16H13NO2. The van der Waals surface area contributed by atoms with E-state index in [-0.39, 0.29) is 11.7 Å². The number of carbonyl (C=O) groups excluding carboxylic acids is 1. The van der Waals surface area contributed by atoms with Crippen molar-refractivity contribution in [2.24, 2.45) is 5.16 Å². The molecule has 1 aliphatic carbocycles. The summed E-state index contributed by atoms with van der Waals surface area (Å²) < 4.78 is 0. The van der Waals surface area contributed by atoms with Gasteiger partial charge in [-0.3, -0.25) is 4.79 Å². The molecule has 0 saturated carbocycles. The van der Waals surface area contributed by atoms with Crippen molar-refractivity contribution >= 4 is 12.0 Å². The molecule has 3 rings (SSSR count). The molecule has 0 aromatic heterocycles. The average molecular weight is 251 g/mol. The number of benzene rings is 2. The summed E-state index contributed by atoms with van der Waals surface area (Å²) in [5, 5.41) is 3.88. The molecule has 0 heterocycles. The van der Waals surface area contributed by atoms with E-state index in [0.29, 0.717) is 0 Å². The second-order valence-electron chi connectivity index (χ2n) is 4.42. The summed E-state index contributed by atoms with van der Waals surface area (Å²) in [5.74, 6) is 0.0401. The summed E-state index contributed by atoms with van der Waals surface area (Å²) in [4.78, 5) is 17.2. The molecule has 0 N–H and O–H groups in total. The van der Waals surface area contributed by atoms with Crippen molar-refractivity contribution in [3.63, 3.8) is 0 Å². The van der Waals surface area contributed by atoms with E-state index in [1.807, 2.05) is 48.5 Å². The number of rotatable bonds is 2. The van der Waals surface area contributed by atoms with E-state index in [2.05, 4.69) is 5.16 Å². The molecule has 0 radical (unpaired) electrons. The number of carbonyl (C=O) groups is 1. The first kappa shape index (κ1) is 11.7. The molecule has 94 valence electrons. The zero-order valence-corrected chi connectivity index (χ0v) is 10.5. The van der Waals surface area contributed by atoms with Gasteiger partial charge in [-0.15, -0.1) is 0 Å². The van der Waals surface area contributed by atoms with Gasteiger partial charge in [0.25, 0.3) is 0 Å². The summed E-state index contributed by atoms with van der Waals surface area (Å²) >= 11 is 0. The highest BCUT2D eigenvalue weighted by molar-refractivity contribution is 6.14. The third-order valence-corrected chi connectivity index (χ3v) is 3.40. The molecule has 0 fully saturated rings. The van der Waals surface area contributed by atoms with Crippen molar-refractivity contribution in [1.82, 2.24) is 0 Å². The Labute approximate surface area is 111 Å². The van der Waals surface area contributed by atoms with Crippen LogP contribution >= 0.6 is 0 Å². The Hall–Kier alpha value is -2.42. The first-order valence-corrected chi connectivity index (χ1v) is 6.12. The molecule has 1 aliphatic rings. The van der Waals surface area contributed by atoms with E-state index in [4.69, 9.17) is 4.84 Å². The Morgan fingerprint density at radius 1 is 1.00 bits per heavy atom. The van der Waals surface area contributed by atoms with Gasteiger partial charge >= 0.3 is 0 Å². The van der Waals surface area contributed by atoms with E-state index >= 15 is 0 Å². The fourth-order valence-corrected chi connectivity index (χ4v) is 2.54. The van der Waals surface area contributed by atoms with Crippen LogP contribution in [0.3, 0.4) is 0 Å². The molecule has 0 saturated heterocycles. The quantitative estimate of drug-likeness (QED) is 0.608. The molecule has 0 bridgehead atoms. The van der Waals surface area contributed by atoms with Crippen LogP contribution in [0.1, 0.15) is 33.0 Å². The maximum absolute atomic E-state index is 12.5. The van der Waals surface area contributed by atoms with Crippen LogP contribution in [-0.4, -0.2) is 19.1 Å². The first-order chi connectivity index (χ1) is 9.33. The van der Waals surface area contributed by atoms with Gasteiger partial charge in [0.1, 0.15) is 7.11 Å². The first-order valence-electron chi connectivity index (χ1n) is 6.12. The van der Waals surface area contributed by atoms with E-state index in [0.717, 1.165) is 22.3 Å². The SMILES string of the molecule is CON=CC1c2ccccc2C(=O)c2ccccc21. The predicted octanol–water partition coefficient (Wildman–Crippen LogP) is 3.00. The molecular weight excluding hydrogens is 238 g/mol. The molecule has 2 aromatic carbocycles. The fraction of sp³-hybridized carbons (Fsp3) is 0.125. The Morgan fingerprint density at radius 3 is 2.05 bits per heavy atom. The molecule has 3 nitrogen and oxygen atoms in total. The Balaban J connectivity index is 2.23. The van der Waals surface area contributed by atoms with Crippen molar-refractivity contribution in [1.29, 1.82) is 0 Å². The molecule has 19 heavy (non-hydrogen) atoms. The molecule has 2 aromatic rings.